The summed E-state index contributed by atoms with van der Waals surface area (Å²) >= 11 is 1.69. The lowest BCUT2D eigenvalue weighted by Crippen LogP contribution is -2.37. The van der Waals surface area contributed by atoms with Gasteiger partial charge in [0.15, 0.2) is 0 Å². The van der Waals surface area contributed by atoms with Crippen LogP contribution in [0.2, 0.25) is 0 Å². The number of carbonyl (C=O) groups is 3. The molecule has 2 heterocycles. The Bertz CT molecular complexity index is 904. The highest BCUT2D eigenvalue weighted by Crippen LogP contribution is 2.25. The molecule has 2 aromatic rings. The number of aryl methyl sites for hydroxylation is 1. The van der Waals surface area contributed by atoms with Crippen LogP contribution in [-0.2, 0) is 11.3 Å². The van der Waals surface area contributed by atoms with Crippen molar-refractivity contribution < 1.29 is 14.4 Å². The second kappa shape index (κ2) is 7.62. The number of imide groups is 1. The standard InChI is InChI=1S/C20H23N3O3S/c1-12(2)23(10-17-13(3)7-8-27-17)11-18(24)21-14-5-6-15-16(9-14)20(26)22(4)19(15)25/h5-9,12H,10-11H2,1-4H3,(H,21,24). The number of nitrogens with one attached hydrogen (secondary N) is 1. The normalized spacial score (nSPS) is 13.6. The van der Waals surface area contributed by atoms with Gasteiger partial charge in [-0.2, -0.15) is 0 Å². The molecule has 3 amide bonds. The van der Waals surface area contributed by atoms with Gasteiger partial charge in [-0.1, -0.05) is 0 Å². The number of benzene rings is 1. The Morgan fingerprint density at radius 3 is 2.52 bits per heavy atom. The molecule has 27 heavy (non-hydrogen) atoms. The number of amides is 3. The van der Waals surface area contributed by atoms with Crippen LogP contribution in [-0.4, -0.2) is 47.2 Å². The molecule has 142 valence electrons. The van der Waals surface area contributed by atoms with E-state index in [1.54, 1.807) is 29.5 Å². The Kier molecular flexibility index (Phi) is 5.43. The number of thiophene rings is 1. The Balaban J connectivity index is 1.69. The fourth-order valence-corrected chi connectivity index (χ4v) is 3.93. The van der Waals surface area contributed by atoms with Gasteiger partial charge in [-0.25, -0.2) is 0 Å². The van der Waals surface area contributed by atoms with Crippen LogP contribution in [0, 0.1) is 6.92 Å². The van der Waals surface area contributed by atoms with Gasteiger partial charge >= 0.3 is 0 Å². The minimum absolute atomic E-state index is 0.150. The molecular weight excluding hydrogens is 362 g/mol. The summed E-state index contributed by atoms with van der Waals surface area (Å²) in [7, 11) is 1.45. The van der Waals surface area contributed by atoms with Crippen molar-refractivity contribution in [2.75, 3.05) is 18.9 Å². The average Bonchev–Trinajstić information content (AvgIpc) is 3.11. The minimum atomic E-state index is -0.344. The van der Waals surface area contributed by atoms with Gasteiger partial charge in [-0.15, -0.1) is 11.3 Å². The van der Waals surface area contributed by atoms with E-state index >= 15 is 0 Å². The molecule has 1 aliphatic heterocycles. The van der Waals surface area contributed by atoms with Crippen LogP contribution in [0.15, 0.2) is 29.6 Å². The van der Waals surface area contributed by atoms with Crippen LogP contribution in [0.5, 0.6) is 0 Å². The van der Waals surface area contributed by atoms with Gasteiger partial charge < -0.3 is 5.32 Å². The second-order valence-electron chi connectivity index (χ2n) is 7.00. The lowest BCUT2D eigenvalue weighted by molar-refractivity contribution is -0.117. The molecule has 0 bridgehead atoms. The van der Waals surface area contributed by atoms with Gasteiger partial charge in [0, 0.05) is 30.2 Å². The lowest BCUT2D eigenvalue weighted by Gasteiger charge is -2.25. The summed E-state index contributed by atoms with van der Waals surface area (Å²) in [5, 5.41) is 4.90. The topological polar surface area (TPSA) is 69.7 Å². The first-order chi connectivity index (χ1) is 12.8. The fourth-order valence-electron chi connectivity index (χ4n) is 3.00. The summed E-state index contributed by atoms with van der Waals surface area (Å²) in [4.78, 5) is 41.0. The van der Waals surface area contributed by atoms with Crippen LogP contribution in [0.3, 0.4) is 0 Å². The number of hydrogen-bond acceptors (Lipinski definition) is 5. The molecular formula is C20H23N3O3S. The first kappa shape index (κ1) is 19.3. The lowest BCUT2D eigenvalue weighted by atomic mass is 10.1. The van der Waals surface area contributed by atoms with Gasteiger partial charge in [0.1, 0.15) is 0 Å². The van der Waals surface area contributed by atoms with E-state index in [9.17, 15) is 14.4 Å². The Morgan fingerprint density at radius 2 is 1.89 bits per heavy atom. The third kappa shape index (κ3) is 3.94. The molecule has 1 aromatic carbocycles. The van der Waals surface area contributed by atoms with E-state index in [2.05, 4.69) is 42.4 Å². The predicted molar refractivity (Wildman–Crippen MR) is 106 cm³/mol. The van der Waals surface area contributed by atoms with Crippen LogP contribution in [0.4, 0.5) is 5.69 Å². The highest BCUT2D eigenvalue weighted by molar-refractivity contribution is 7.10. The molecule has 3 rings (SSSR count). The molecule has 7 heteroatoms. The molecule has 0 aliphatic carbocycles. The van der Waals surface area contributed by atoms with E-state index in [0.29, 0.717) is 16.8 Å². The number of nitrogens with zero attached hydrogens (tertiary/aromatic N) is 2. The summed E-state index contributed by atoms with van der Waals surface area (Å²) in [6.07, 6.45) is 0. The number of carbonyl (C=O) groups excluding carboxylic acids is 3. The largest absolute Gasteiger partial charge is 0.325 e. The molecule has 1 aliphatic rings. The quantitative estimate of drug-likeness (QED) is 0.776. The van der Waals surface area contributed by atoms with Crippen molar-refractivity contribution in [2.45, 2.75) is 33.4 Å². The van der Waals surface area contributed by atoms with Gasteiger partial charge in [0.2, 0.25) is 5.91 Å². The molecule has 1 aromatic heterocycles. The summed E-state index contributed by atoms with van der Waals surface area (Å²) < 4.78 is 0. The molecule has 0 radical (unpaired) electrons. The predicted octanol–water partition coefficient (Wildman–Crippen LogP) is 3.13. The Hall–Kier alpha value is -2.51. The van der Waals surface area contributed by atoms with Crippen molar-refractivity contribution in [1.82, 2.24) is 9.80 Å². The van der Waals surface area contributed by atoms with Crippen molar-refractivity contribution in [1.29, 1.82) is 0 Å². The highest BCUT2D eigenvalue weighted by atomic mass is 32.1. The maximum absolute atomic E-state index is 12.5. The smallest absolute Gasteiger partial charge is 0.261 e. The van der Waals surface area contributed by atoms with Crippen molar-refractivity contribution in [3.63, 3.8) is 0 Å². The molecule has 0 spiro atoms. The zero-order valence-electron chi connectivity index (χ0n) is 15.9. The molecule has 0 atom stereocenters. The maximum Gasteiger partial charge on any atom is 0.261 e. The van der Waals surface area contributed by atoms with Crippen molar-refractivity contribution >= 4 is 34.7 Å². The average molecular weight is 385 g/mol. The SMILES string of the molecule is Cc1ccsc1CN(CC(=O)Nc1ccc2c(c1)C(=O)N(C)C2=O)C(C)C. The summed E-state index contributed by atoms with van der Waals surface area (Å²) in [6, 6.07) is 7.11. The monoisotopic (exact) mass is 385 g/mol. The zero-order valence-corrected chi connectivity index (χ0v) is 16.7. The van der Waals surface area contributed by atoms with Gasteiger partial charge in [0.25, 0.3) is 11.8 Å². The Morgan fingerprint density at radius 1 is 1.19 bits per heavy atom. The number of anilines is 1. The van der Waals surface area contributed by atoms with E-state index in [0.717, 1.165) is 11.4 Å². The van der Waals surface area contributed by atoms with E-state index in [4.69, 9.17) is 0 Å². The van der Waals surface area contributed by atoms with Crippen LogP contribution in [0.1, 0.15) is 45.0 Å². The van der Waals surface area contributed by atoms with Crippen molar-refractivity contribution in [3.8, 4) is 0 Å². The number of fused-ring (bicyclic) bond motifs is 1. The highest BCUT2D eigenvalue weighted by Gasteiger charge is 2.32. The van der Waals surface area contributed by atoms with E-state index < -0.39 is 0 Å². The first-order valence-corrected chi connectivity index (χ1v) is 9.69. The van der Waals surface area contributed by atoms with Crippen LogP contribution in [0.25, 0.3) is 0 Å². The van der Waals surface area contributed by atoms with Gasteiger partial charge in [-0.3, -0.25) is 24.2 Å². The molecule has 0 saturated heterocycles. The molecule has 0 saturated carbocycles. The van der Waals surface area contributed by atoms with E-state index in [1.165, 1.54) is 17.5 Å². The summed E-state index contributed by atoms with van der Waals surface area (Å²) in [5.41, 5.74) is 2.45. The van der Waals surface area contributed by atoms with Gasteiger partial charge in [0.05, 0.1) is 17.7 Å². The summed E-state index contributed by atoms with van der Waals surface area (Å²) in [5.74, 6) is -0.809. The fraction of sp³-hybridized carbons (Fsp3) is 0.350. The molecule has 1 N–H and O–H groups in total. The van der Waals surface area contributed by atoms with Crippen LogP contribution >= 0.6 is 11.3 Å². The van der Waals surface area contributed by atoms with E-state index in [1.807, 2.05) is 0 Å². The van der Waals surface area contributed by atoms with E-state index in [-0.39, 0.29) is 30.3 Å². The third-order valence-electron chi connectivity index (χ3n) is 4.77. The van der Waals surface area contributed by atoms with Crippen LogP contribution < -0.4 is 5.32 Å². The Labute approximate surface area is 162 Å². The number of hydrogen-bond donors (Lipinski definition) is 1. The molecule has 6 nitrogen and oxygen atoms in total. The zero-order chi connectivity index (χ0) is 19.7. The first-order valence-electron chi connectivity index (χ1n) is 8.81. The summed E-state index contributed by atoms with van der Waals surface area (Å²) in [6.45, 7) is 7.16. The van der Waals surface area contributed by atoms with Crippen molar-refractivity contribution in [2.24, 2.45) is 0 Å². The number of rotatable bonds is 6. The third-order valence-corrected chi connectivity index (χ3v) is 5.77. The van der Waals surface area contributed by atoms with Crippen molar-refractivity contribution in [3.05, 3.63) is 51.2 Å². The molecule has 0 fully saturated rings. The van der Waals surface area contributed by atoms with Gasteiger partial charge in [-0.05, 0) is 56.0 Å². The minimum Gasteiger partial charge on any atom is -0.325 e. The second-order valence-corrected chi connectivity index (χ2v) is 8.00. The maximum atomic E-state index is 12.5. The molecule has 0 unspecified atom stereocenters.